The van der Waals surface area contributed by atoms with E-state index in [4.69, 9.17) is 0 Å². The fraction of sp³-hybridized carbons (Fsp3) is 0.222. The van der Waals surface area contributed by atoms with Gasteiger partial charge in [0.05, 0.1) is 5.69 Å². The standard InChI is InChI=1S/C9H9N3OS/c1-6-3-12(5-10-6)8-9(13)14-4-7(2)11-8/h3-5H,1-2H3. The Morgan fingerprint density at radius 3 is 2.79 bits per heavy atom. The van der Waals surface area contributed by atoms with E-state index in [-0.39, 0.29) is 4.74 Å². The van der Waals surface area contributed by atoms with Crippen LogP contribution in [-0.4, -0.2) is 14.5 Å². The molecule has 2 rings (SSSR count). The SMILES string of the molecule is Cc1cn(-c2nc(C)csc2=O)cn1. The smallest absolute Gasteiger partial charge is 0.275 e. The summed E-state index contributed by atoms with van der Waals surface area (Å²) in [5, 5.41) is 1.75. The van der Waals surface area contributed by atoms with Crippen LogP contribution >= 0.6 is 11.3 Å². The summed E-state index contributed by atoms with van der Waals surface area (Å²) in [7, 11) is 0. The molecule has 0 aliphatic carbocycles. The lowest BCUT2D eigenvalue weighted by Gasteiger charge is -1.98. The Labute approximate surface area is 84.9 Å². The molecule has 72 valence electrons. The summed E-state index contributed by atoms with van der Waals surface area (Å²) in [6.45, 7) is 3.74. The fourth-order valence-electron chi connectivity index (χ4n) is 1.13. The largest absolute Gasteiger partial charge is 0.286 e. The van der Waals surface area contributed by atoms with E-state index in [0.717, 1.165) is 22.7 Å². The molecule has 0 unspecified atom stereocenters. The molecule has 0 saturated carbocycles. The third-order valence-corrected chi connectivity index (χ3v) is 2.61. The molecule has 5 heteroatoms. The summed E-state index contributed by atoms with van der Waals surface area (Å²) >= 11 is 1.16. The van der Waals surface area contributed by atoms with Crippen molar-refractivity contribution < 1.29 is 0 Å². The molecule has 2 aromatic heterocycles. The van der Waals surface area contributed by atoms with E-state index in [0.29, 0.717) is 5.82 Å². The average molecular weight is 207 g/mol. The van der Waals surface area contributed by atoms with E-state index in [9.17, 15) is 4.79 Å². The molecule has 4 nitrogen and oxygen atoms in total. The zero-order valence-electron chi connectivity index (χ0n) is 7.89. The van der Waals surface area contributed by atoms with E-state index in [1.54, 1.807) is 22.5 Å². The maximum atomic E-state index is 11.5. The first-order valence-electron chi connectivity index (χ1n) is 4.14. The van der Waals surface area contributed by atoms with Crippen molar-refractivity contribution in [2.45, 2.75) is 13.8 Å². The fourth-order valence-corrected chi connectivity index (χ4v) is 1.72. The molecule has 14 heavy (non-hydrogen) atoms. The third kappa shape index (κ3) is 1.58. The first kappa shape index (κ1) is 9.08. The van der Waals surface area contributed by atoms with Crippen molar-refractivity contribution in [3.63, 3.8) is 0 Å². The molecule has 0 radical (unpaired) electrons. The summed E-state index contributed by atoms with van der Waals surface area (Å²) in [6, 6.07) is 0. The summed E-state index contributed by atoms with van der Waals surface area (Å²) in [5.41, 5.74) is 1.72. The van der Waals surface area contributed by atoms with Crippen LogP contribution in [0.1, 0.15) is 11.4 Å². The third-order valence-electron chi connectivity index (χ3n) is 1.76. The molecule has 0 aliphatic rings. The van der Waals surface area contributed by atoms with Gasteiger partial charge in [0.25, 0.3) is 4.74 Å². The van der Waals surface area contributed by atoms with E-state index >= 15 is 0 Å². The van der Waals surface area contributed by atoms with Gasteiger partial charge in [0.15, 0.2) is 5.82 Å². The van der Waals surface area contributed by atoms with Gasteiger partial charge in [0.2, 0.25) is 0 Å². The Balaban J connectivity index is 2.61. The van der Waals surface area contributed by atoms with Crippen LogP contribution in [0.5, 0.6) is 0 Å². The van der Waals surface area contributed by atoms with Crippen LogP contribution < -0.4 is 4.74 Å². The Morgan fingerprint density at radius 2 is 2.14 bits per heavy atom. The number of rotatable bonds is 1. The van der Waals surface area contributed by atoms with Gasteiger partial charge in [-0.2, -0.15) is 0 Å². The molecule has 0 aliphatic heterocycles. The van der Waals surface area contributed by atoms with Crippen LogP contribution in [0.3, 0.4) is 0 Å². The van der Waals surface area contributed by atoms with E-state index in [2.05, 4.69) is 9.97 Å². The van der Waals surface area contributed by atoms with Gasteiger partial charge in [0.1, 0.15) is 6.33 Å². The first-order valence-corrected chi connectivity index (χ1v) is 5.02. The highest BCUT2D eigenvalue weighted by atomic mass is 32.1. The van der Waals surface area contributed by atoms with Gasteiger partial charge >= 0.3 is 0 Å². The summed E-state index contributed by atoms with van der Waals surface area (Å²) in [4.78, 5) is 19.7. The van der Waals surface area contributed by atoms with Gasteiger partial charge in [0, 0.05) is 17.3 Å². The van der Waals surface area contributed by atoms with Crippen LogP contribution in [0.4, 0.5) is 0 Å². The second-order valence-corrected chi connectivity index (χ2v) is 3.86. The number of aryl methyl sites for hydroxylation is 2. The highest BCUT2D eigenvalue weighted by Gasteiger charge is 2.04. The van der Waals surface area contributed by atoms with Crippen molar-refractivity contribution in [2.24, 2.45) is 0 Å². The highest BCUT2D eigenvalue weighted by molar-refractivity contribution is 7.07. The van der Waals surface area contributed by atoms with Crippen LogP contribution in [0, 0.1) is 13.8 Å². The summed E-state index contributed by atoms with van der Waals surface area (Å²) in [5.74, 6) is 0.426. The lowest BCUT2D eigenvalue weighted by atomic mass is 10.5. The van der Waals surface area contributed by atoms with E-state index < -0.39 is 0 Å². The minimum absolute atomic E-state index is 0.0481. The molecular weight excluding hydrogens is 198 g/mol. The van der Waals surface area contributed by atoms with Crippen molar-refractivity contribution in [3.8, 4) is 5.82 Å². The minimum Gasteiger partial charge on any atom is -0.286 e. The second kappa shape index (κ2) is 3.34. The Bertz CT molecular complexity index is 515. The zero-order chi connectivity index (χ0) is 10.1. The molecule has 2 heterocycles. The van der Waals surface area contributed by atoms with Gasteiger partial charge < -0.3 is 0 Å². The van der Waals surface area contributed by atoms with Crippen LogP contribution in [0.2, 0.25) is 0 Å². The molecule has 0 N–H and O–H groups in total. The van der Waals surface area contributed by atoms with Crippen LogP contribution in [-0.2, 0) is 0 Å². The maximum absolute atomic E-state index is 11.5. The number of aromatic nitrogens is 3. The minimum atomic E-state index is -0.0481. The molecule has 0 fully saturated rings. The van der Waals surface area contributed by atoms with Gasteiger partial charge in [-0.05, 0) is 13.8 Å². The number of nitrogens with zero attached hydrogens (tertiary/aromatic N) is 3. The van der Waals surface area contributed by atoms with Crippen molar-refractivity contribution >= 4 is 11.3 Å². The molecule has 0 spiro atoms. The topological polar surface area (TPSA) is 47.8 Å². The Kier molecular flexibility index (Phi) is 2.17. The number of hydrogen-bond donors (Lipinski definition) is 0. The Hall–Kier alpha value is -1.49. The molecule has 0 bridgehead atoms. The second-order valence-electron chi connectivity index (χ2n) is 3.02. The van der Waals surface area contributed by atoms with Crippen LogP contribution in [0.25, 0.3) is 5.82 Å². The maximum Gasteiger partial charge on any atom is 0.275 e. The lowest BCUT2D eigenvalue weighted by Crippen LogP contribution is -2.09. The van der Waals surface area contributed by atoms with Gasteiger partial charge in [-0.1, -0.05) is 11.3 Å². The molecule has 0 aromatic carbocycles. The highest BCUT2D eigenvalue weighted by Crippen LogP contribution is 2.03. The van der Waals surface area contributed by atoms with Crippen molar-refractivity contribution in [1.29, 1.82) is 0 Å². The number of hydrogen-bond acceptors (Lipinski definition) is 4. The van der Waals surface area contributed by atoms with Gasteiger partial charge in [-0.25, -0.2) is 9.97 Å². The zero-order valence-corrected chi connectivity index (χ0v) is 8.71. The molecule has 0 atom stereocenters. The Morgan fingerprint density at radius 1 is 1.36 bits per heavy atom. The summed E-state index contributed by atoms with van der Waals surface area (Å²) in [6.07, 6.45) is 3.39. The molecule has 0 saturated heterocycles. The van der Waals surface area contributed by atoms with Crippen molar-refractivity contribution in [3.05, 3.63) is 38.8 Å². The normalized spacial score (nSPS) is 10.4. The first-order chi connectivity index (χ1) is 6.66. The quantitative estimate of drug-likeness (QED) is 0.708. The van der Waals surface area contributed by atoms with Gasteiger partial charge in [-0.15, -0.1) is 0 Å². The summed E-state index contributed by atoms with van der Waals surface area (Å²) < 4.78 is 1.61. The average Bonchev–Trinajstić information content (AvgIpc) is 2.56. The van der Waals surface area contributed by atoms with E-state index in [1.165, 1.54) is 0 Å². The van der Waals surface area contributed by atoms with Crippen molar-refractivity contribution in [1.82, 2.24) is 14.5 Å². The predicted octanol–water partition coefficient (Wildman–Crippen LogP) is 1.31. The van der Waals surface area contributed by atoms with Gasteiger partial charge in [-0.3, -0.25) is 9.36 Å². The molecule has 2 aromatic rings. The molecular formula is C9H9N3OS. The number of imidazole rings is 1. The molecule has 0 amide bonds. The predicted molar refractivity (Wildman–Crippen MR) is 55.0 cm³/mol. The van der Waals surface area contributed by atoms with E-state index in [1.807, 2.05) is 13.8 Å². The van der Waals surface area contributed by atoms with Crippen LogP contribution in [0.15, 0.2) is 22.7 Å². The monoisotopic (exact) mass is 207 g/mol. The lowest BCUT2D eigenvalue weighted by molar-refractivity contribution is 0.974. The van der Waals surface area contributed by atoms with Crippen molar-refractivity contribution in [2.75, 3.05) is 0 Å².